The number of thioether (sulfide) groups is 1. The van der Waals surface area contributed by atoms with Crippen LogP contribution in [-0.2, 0) is 0 Å². The molecular weight excluding hydrogens is 281 g/mol. The van der Waals surface area contributed by atoms with Gasteiger partial charge in [-0.2, -0.15) is 16.7 Å². The maximum Gasteiger partial charge on any atom is 0.264 e. The molecule has 3 rings (SSSR count). The van der Waals surface area contributed by atoms with E-state index in [0.717, 1.165) is 18.1 Å². The van der Waals surface area contributed by atoms with Crippen molar-refractivity contribution >= 4 is 11.8 Å². The lowest BCUT2D eigenvalue weighted by molar-refractivity contribution is 0.257. The summed E-state index contributed by atoms with van der Waals surface area (Å²) in [5.41, 5.74) is -0.0441. The lowest BCUT2D eigenvalue weighted by Gasteiger charge is -2.29. The van der Waals surface area contributed by atoms with Gasteiger partial charge in [0.05, 0.1) is 6.04 Å². The van der Waals surface area contributed by atoms with Gasteiger partial charge in [0.2, 0.25) is 0 Å². The molecule has 1 aliphatic rings. The summed E-state index contributed by atoms with van der Waals surface area (Å²) in [5, 5.41) is 13.7. The highest BCUT2D eigenvalue weighted by molar-refractivity contribution is 7.99. The number of aromatic hydroxyl groups is 1. The van der Waals surface area contributed by atoms with Crippen LogP contribution in [0.25, 0.3) is 11.5 Å². The summed E-state index contributed by atoms with van der Waals surface area (Å²) >= 11 is 1.83. The Balaban J connectivity index is 1.94. The van der Waals surface area contributed by atoms with Crippen LogP contribution in [0.4, 0.5) is 4.39 Å². The fraction of sp³-hybridized carbons (Fsp3) is 0.385. The maximum absolute atomic E-state index is 13.8. The Kier molecular flexibility index (Phi) is 3.62. The molecule has 1 saturated heterocycles. The number of aromatic nitrogens is 2. The minimum Gasteiger partial charge on any atom is -0.507 e. The van der Waals surface area contributed by atoms with Gasteiger partial charge in [-0.25, -0.2) is 4.39 Å². The van der Waals surface area contributed by atoms with E-state index in [2.05, 4.69) is 15.0 Å². The molecule has 0 aliphatic carbocycles. The van der Waals surface area contributed by atoms with Crippen molar-refractivity contribution in [2.24, 2.45) is 0 Å². The van der Waals surface area contributed by atoms with E-state index in [1.165, 1.54) is 18.2 Å². The van der Waals surface area contributed by atoms with Crippen LogP contribution in [0.1, 0.15) is 11.9 Å². The van der Waals surface area contributed by atoms with Gasteiger partial charge in [-0.15, -0.1) is 0 Å². The first-order valence-electron chi connectivity index (χ1n) is 6.26. The first-order valence-corrected chi connectivity index (χ1v) is 7.41. The van der Waals surface area contributed by atoms with Crippen LogP contribution in [0.2, 0.25) is 0 Å². The summed E-state index contributed by atoms with van der Waals surface area (Å²) in [6, 6.07) is 4.13. The zero-order chi connectivity index (χ0) is 14.1. The number of rotatable bonds is 2. The summed E-state index contributed by atoms with van der Waals surface area (Å²) in [5.74, 6) is 1.71. The molecule has 2 heterocycles. The second-order valence-electron chi connectivity index (χ2n) is 4.66. The third-order valence-electron chi connectivity index (χ3n) is 3.34. The Morgan fingerprint density at radius 2 is 2.35 bits per heavy atom. The van der Waals surface area contributed by atoms with Gasteiger partial charge in [0.1, 0.15) is 17.1 Å². The molecule has 2 aromatic rings. The van der Waals surface area contributed by atoms with E-state index >= 15 is 0 Å². The fourth-order valence-electron chi connectivity index (χ4n) is 2.15. The SMILES string of the molecule is CN1CCSCC1c1noc(-c2c(O)cccc2F)n1. The molecule has 1 unspecified atom stereocenters. The quantitative estimate of drug-likeness (QED) is 0.917. The number of nitrogens with zero attached hydrogens (tertiary/aromatic N) is 3. The van der Waals surface area contributed by atoms with Crippen molar-refractivity contribution in [2.75, 3.05) is 25.1 Å². The molecule has 0 amide bonds. The van der Waals surface area contributed by atoms with Crippen LogP contribution in [0.5, 0.6) is 5.75 Å². The van der Waals surface area contributed by atoms with Crippen LogP contribution >= 0.6 is 11.8 Å². The molecule has 0 bridgehead atoms. The Labute approximate surface area is 119 Å². The predicted molar refractivity (Wildman–Crippen MR) is 74.1 cm³/mol. The van der Waals surface area contributed by atoms with Crippen molar-refractivity contribution < 1.29 is 14.0 Å². The van der Waals surface area contributed by atoms with Gasteiger partial charge >= 0.3 is 0 Å². The van der Waals surface area contributed by atoms with E-state index in [-0.39, 0.29) is 23.2 Å². The predicted octanol–water partition coefficient (Wildman–Crippen LogP) is 2.30. The molecule has 7 heteroatoms. The van der Waals surface area contributed by atoms with E-state index in [1.807, 2.05) is 18.8 Å². The molecule has 106 valence electrons. The third-order valence-corrected chi connectivity index (χ3v) is 4.36. The van der Waals surface area contributed by atoms with Gasteiger partial charge in [0.25, 0.3) is 5.89 Å². The molecule has 1 atom stereocenters. The highest BCUT2D eigenvalue weighted by Gasteiger charge is 2.27. The van der Waals surface area contributed by atoms with Gasteiger partial charge in [0, 0.05) is 18.1 Å². The van der Waals surface area contributed by atoms with Gasteiger partial charge < -0.3 is 9.63 Å². The standard InChI is InChI=1S/C13H14FN3O2S/c1-17-5-6-20-7-9(17)12-15-13(19-16-12)11-8(14)3-2-4-10(11)18/h2-4,9,18H,5-7H2,1H3. The van der Waals surface area contributed by atoms with E-state index in [0.29, 0.717) is 5.82 Å². The summed E-state index contributed by atoms with van der Waals surface area (Å²) in [7, 11) is 2.00. The van der Waals surface area contributed by atoms with E-state index in [4.69, 9.17) is 4.52 Å². The van der Waals surface area contributed by atoms with E-state index in [1.54, 1.807) is 0 Å². The van der Waals surface area contributed by atoms with Gasteiger partial charge in [0.15, 0.2) is 5.82 Å². The van der Waals surface area contributed by atoms with Crippen molar-refractivity contribution in [3.63, 3.8) is 0 Å². The van der Waals surface area contributed by atoms with Crippen LogP contribution in [0, 0.1) is 5.82 Å². The van der Waals surface area contributed by atoms with Crippen LogP contribution in [0.3, 0.4) is 0 Å². The Hall–Kier alpha value is -1.60. The van der Waals surface area contributed by atoms with E-state index < -0.39 is 5.82 Å². The van der Waals surface area contributed by atoms with E-state index in [9.17, 15) is 9.50 Å². The summed E-state index contributed by atoms with van der Waals surface area (Å²) in [6.45, 7) is 0.949. The third kappa shape index (κ3) is 2.38. The smallest absolute Gasteiger partial charge is 0.264 e. The summed E-state index contributed by atoms with van der Waals surface area (Å²) in [6.07, 6.45) is 0. The minimum atomic E-state index is -0.577. The number of phenolic OH excluding ortho intramolecular Hbond substituents is 1. The monoisotopic (exact) mass is 295 g/mol. The van der Waals surface area contributed by atoms with Crippen molar-refractivity contribution in [3.05, 3.63) is 29.8 Å². The number of benzene rings is 1. The molecule has 1 aliphatic heterocycles. The Morgan fingerprint density at radius 1 is 1.50 bits per heavy atom. The summed E-state index contributed by atoms with van der Waals surface area (Å²) in [4.78, 5) is 6.39. The van der Waals surface area contributed by atoms with Crippen LogP contribution in [-0.4, -0.2) is 45.2 Å². The fourth-order valence-corrected chi connectivity index (χ4v) is 3.37. The van der Waals surface area contributed by atoms with Crippen molar-refractivity contribution in [3.8, 4) is 17.2 Å². The molecule has 1 aromatic heterocycles. The van der Waals surface area contributed by atoms with Crippen molar-refractivity contribution in [1.82, 2.24) is 15.0 Å². The number of hydrogen-bond acceptors (Lipinski definition) is 6. The van der Waals surface area contributed by atoms with Gasteiger partial charge in [-0.3, -0.25) is 4.90 Å². The minimum absolute atomic E-state index is 0.0135. The molecule has 1 aromatic carbocycles. The van der Waals surface area contributed by atoms with Crippen molar-refractivity contribution in [2.45, 2.75) is 6.04 Å². The zero-order valence-electron chi connectivity index (χ0n) is 10.9. The van der Waals surface area contributed by atoms with Crippen molar-refractivity contribution in [1.29, 1.82) is 0 Å². The van der Waals surface area contributed by atoms with Crippen LogP contribution < -0.4 is 0 Å². The average Bonchev–Trinajstić information content (AvgIpc) is 2.88. The number of hydrogen-bond donors (Lipinski definition) is 1. The molecule has 0 saturated carbocycles. The normalized spacial score (nSPS) is 20.2. The molecule has 5 nitrogen and oxygen atoms in total. The Bertz CT molecular complexity index is 599. The lowest BCUT2D eigenvalue weighted by atomic mass is 10.2. The molecular formula is C13H14FN3O2S. The molecule has 1 N–H and O–H groups in total. The molecule has 20 heavy (non-hydrogen) atoms. The average molecular weight is 295 g/mol. The largest absolute Gasteiger partial charge is 0.507 e. The maximum atomic E-state index is 13.8. The summed E-state index contributed by atoms with van der Waals surface area (Å²) < 4.78 is 18.9. The number of halogens is 1. The second-order valence-corrected chi connectivity index (χ2v) is 5.81. The highest BCUT2D eigenvalue weighted by Crippen LogP contribution is 2.32. The molecule has 0 spiro atoms. The topological polar surface area (TPSA) is 62.4 Å². The first kappa shape index (κ1) is 13.4. The second kappa shape index (κ2) is 5.41. The Morgan fingerprint density at radius 3 is 3.10 bits per heavy atom. The number of phenols is 1. The first-order chi connectivity index (χ1) is 9.66. The highest BCUT2D eigenvalue weighted by atomic mass is 32.2. The van der Waals surface area contributed by atoms with Gasteiger partial charge in [-0.1, -0.05) is 11.2 Å². The lowest BCUT2D eigenvalue weighted by Crippen LogP contribution is -2.33. The van der Waals surface area contributed by atoms with Crippen LogP contribution in [0.15, 0.2) is 22.7 Å². The van der Waals surface area contributed by atoms with Gasteiger partial charge in [-0.05, 0) is 19.2 Å². The zero-order valence-corrected chi connectivity index (χ0v) is 11.7. The molecule has 1 fully saturated rings. The molecule has 0 radical (unpaired) electrons.